The molecule has 4 rings (SSSR count). The van der Waals surface area contributed by atoms with Crippen LogP contribution in [0, 0.1) is 5.82 Å². The molecule has 2 aliphatic rings. The fourth-order valence-corrected chi connectivity index (χ4v) is 3.84. The molecule has 2 aliphatic heterocycles. The Morgan fingerprint density at radius 2 is 1.73 bits per heavy atom. The molecule has 3 heterocycles. The molecule has 1 unspecified atom stereocenters. The number of carbonyl (C=O) groups is 2. The monoisotopic (exact) mass is 411 g/mol. The molecule has 8 heteroatoms. The van der Waals surface area contributed by atoms with Gasteiger partial charge in [-0.2, -0.15) is 0 Å². The third-order valence-electron chi connectivity index (χ3n) is 5.44. The van der Waals surface area contributed by atoms with Crippen molar-refractivity contribution in [3.8, 4) is 0 Å². The highest BCUT2D eigenvalue weighted by Gasteiger charge is 2.46. The van der Waals surface area contributed by atoms with Crippen LogP contribution in [0.1, 0.15) is 17.2 Å². The molecule has 1 N–H and O–H groups in total. The van der Waals surface area contributed by atoms with Crippen LogP contribution in [0.25, 0.3) is 5.76 Å². The van der Waals surface area contributed by atoms with Crippen LogP contribution in [0.2, 0.25) is 0 Å². The normalized spacial score (nSPS) is 21.9. The van der Waals surface area contributed by atoms with Crippen LogP contribution in [-0.2, 0) is 14.3 Å². The number of ketones is 1. The van der Waals surface area contributed by atoms with Crippen LogP contribution in [-0.4, -0.2) is 71.0 Å². The second-order valence-electron chi connectivity index (χ2n) is 7.23. The first-order valence-corrected chi connectivity index (χ1v) is 9.80. The van der Waals surface area contributed by atoms with Gasteiger partial charge in [0.05, 0.1) is 24.8 Å². The summed E-state index contributed by atoms with van der Waals surface area (Å²) in [5.41, 5.74) is 0.955. The van der Waals surface area contributed by atoms with E-state index < -0.39 is 23.5 Å². The van der Waals surface area contributed by atoms with Gasteiger partial charge in [0, 0.05) is 44.1 Å². The summed E-state index contributed by atoms with van der Waals surface area (Å²) in [6.45, 7) is 3.72. The number of amides is 1. The molecule has 0 bridgehead atoms. The molecule has 1 aromatic carbocycles. The van der Waals surface area contributed by atoms with Crippen molar-refractivity contribution in [2.24, 2.45) is 0 Å². The number of aliphatic hydroxyl groups excluding tert-OH is 1. The van der Waals surface area contributed by atoms with Crippen molar-refractivity contribution < 1.29 is 23.8 Å². The summed E-state index contributed by atoms with van der Waals surface area (Å²) in [6, 6.07) is 7.87. The molecule has 1 aromatic heterocycles. The van der Waals surface area contributed by atoms with Gasteiger partial charge in [-0.15, -0.1) is 0 Å². The first-order chi connectivity index (χ1) is 14.6. The third-order valence-corrected chi connectivity index (χ3v) is 5.44. The number of pyridine rings is 1. The van der Waals surface area contributed by atoms with Crippen molar-refractivity contribution in [3.05, 3.63) is 71.3 Å². The van der Waals surface area contributed by atoms with Gasteiger partial charge < -0.3 is 14.7 Å². The van der Waals surface area contributed by atoms with Gasteiger partial charge in [0.15, 0.2) is 0 Å². The molecule has 156 valence electrons. The second kappa shape index (κ2) is 8.73. The number of morpholine rings is 1. The zero-order valence-corrected chi connectivity index (χ0v) is 16.3. The smallest absolute Gasteiger partial charge is 0.295 e. The minimum absolute atomic E-state index is 0.000198. The standard InChI is InChI=1S/C22H22FN3O4/c23-17-3-1-16(2-4-17)20(27)18-19(15-5-7-24-8-6-15)26(22(29)21(18)28)10-9-25-11-13-30-14-12-25/h1-8,19,27H,9-14H2/b20-18-. The summed E-state index contributed by atoms with van der Waals surface area (Å²) in [7, 11) is 0. The number of benzene rings is 1. The van der Waals surface area contributed by atoms with Crippen molar-refractivity contribution >= 4 is 17.4 Å². The molecule has 2 saturated heterocycles. The van der Waals surface area contributed by atoms with E-state index in [0.717, 1.165) is 13.1 Å². The highest BCUT2D eigenvalue weighted by atomic mass is 19.1. The summed E-state index contributed by atoms with van der Waals surface area (Å²) in [6.07, 6.45) is 3.16. The van der Waals surface area contributed by atoms with E-state index in [-0.39, 0.29) is 16.9 Å². The highest BCUT2D eigenvalue weighted by molar-refractivity contribution is 6.46. The third kappa shape index (κ3) is 3.96. The fraction of sp³-hybridized carbons (Fsp3) is 0.318. The Morgan fingerprint density at radius 1 is 1.07 bits per heavy atom. The number of aliphatic hydroxyl groups is 1. The molecule has 0 saturated carbocycles. The summed E-state index contributed by atoms with van der Waals surface area (Å²) in [4.78, 5) is 33.4. The molecular weight excluding hydrogens is 389 g/mol. The van der Waals surface area contributed by atoms with Crippen LogP contribution in [0.15, 0.2) is 54.4 Å². The number of nitrogens with zero attached hydrogens (tertiary/aromatic N) is 3. The van der Waals surface area contributed by atoms with Crippen molar-refractivity contribution in [2.75, 3.05) is 39.4 Å². The van der Waals surface area contributed by atoms with Gasteiger partial charge in [0.2, 0.25) is 0 Å². The maximum atomic E-state index is 13.3. The highest BCUT2D eigenvalue weighted by Crippen LogP contribution is 2.39. The Labute approximate surface area is 173 Å². The lowest BCUT2D eigenvalue weighted by atomic mass is 9.96. The lowest BCUT2D eigenvalue weighted by Crippen LogP contribution is -2.42. The molecule has 1 atom stereocenters. The van der Waals surface area contributed by atoms with Crippen LogP contribution in [0.4, 0.5) is 4.39 Å². The predicted molar refractivity (Wildman–Crippen MR) is 107 cm³/mol. The number of ether oxygens (including phenoxy) is 1. The van der Waals surface area contributed by atoms with Gasteiger partial charge in [0.25, 0.3) is 11.7 Å². The van der Waals surface area contributed by atoms with E-state index in [4.69, 9.17) is 4.74 Å². The minimum atomic E-state index is -0.749. The average Bonchev–Trinajstić information content (AvgIpc) is 3.04. The van der Waals surface area contributed by atoms with E-state index in [2.05, 4.69) is 9.88 Å². The van der Waals surface area contributed by atoms with E-state index in [1.165, 1.54) is 29.2 Å². The van der Waals surface area contributed by atoms with Gasteiger partial charge in [-0.05, 0) is 42.0 Å². The average molecular weight is 411 g/mol. The van der Waals surface area contributed by atoms with Crippen molar-refractivity contribution in [2.45, 2.75) is 6.04 Å². The molecule has 0 aliphatic carbocycles. The summed E-state index contributed by atoms with van der Waals surface area (Å²) in [5.74, 6) is -2.18. The van der Waals surface area contributed by atoms with Gasteiger partial charge in [-0.25, -0.2) is 4.39 Å². The molecule has 1 amide bonds. The predicted octanol–water partition coefficient (Wildman–Crippen LogP) is 1.97. The Morgan fingerprint density at radius 3 is 2.40 bits per heavy atom. The number of rotatable bonds is 5. The number of halogens is 1. The number of likely N-dealkylation sites (tertiary alicyclic amines) is 1. The van der Waals surface area contributed by atoms with Gasteiger partial charge in [-0.3, -0.25) is 19.5 Å². The SMILES string of the molecule is O=C1C(=O)N(CCN2CCOCC2)C(c2ccncc2)/C1=C(/O)c1ccc(F)cc1. The van der Waals surface area contributed by atoms with Crippen LogP contribution in [0.5, 0.6) is 0 Å². The van der Waals surface area contributed by atoms with Crippen molar-refractivity contribution in [3.63, 3.8) is 0 Å². The Kier molecular flexibility index (Phi) is 5.87. The van der Waals surface area contributed by atoms with E-state index in [1.807, 2.05) is 0 Å². The van der Waals surface area contributed by atoms with E-state index >= 15 is 0 Å². The number of aromatic nitrogens is 1. The topological polar surface area (TPSA) is 83.0 Å². The number of Topliss-reactive ketones (excluding diaryl/α,β-unsaturated/α-hetero) is 1. The maximum Gasteiger partial charge on any atom is 0.295 e. The number of hydrogen-bond acceptors (Lipinski definition) is 6. The Hall–Kier alpha value is -3.10. The number of hydrogen-bond donors (Lipinski definition) is 1. The Balaban J connectivity index is 1.71. The summed E-state index contributed by atoms with van der Waals surface area (Å²) in [5, 5.41) is 10.9. The van der Waals surface area contributed by atoms with E-state index in [0.29, 0.717) is 31.9 Å². The fourth-order valence-electron chi connectivity index (χ4n) is 3.84. The molecule has 7 nitrogen and oxygen atoms in total. The Bertz CT molecular complexity index is 956. The molecular formula is C22H22FN3O4. The van der Waals surface area contributed by atoms with Crippen LogP contribution in [0.3, 0.4) is 0 Å². The molecule has 0 spiro atoms. The first-order valence-electron chi connectivity index (χ1n) is 9.80. The summed E-state index contributed by atoms with van der Waals surface area (Å²) < 4.78 is 18.7. The minimum Gasteiger partial charge on any atom is -0.507 e. The maximum absolute atomic E-state index is 13.3. The van der Waals surface area contributed by atoms with Crippen molar-refractivity contribution in [1.82, 2.24) is 14.8 Å². The molecule has 0 radical (unpaired) electrons. The quantitative estimate of drug-likeness (QED) is 0.460. The van der Waals surface area contributed by atoms with Crippen LogP contribution >= 0.6 is 0 Å². The largest absolute Gasteiger partial charge is 0.507 e. The molecule has 2 aromatic rings. The van der Waals surface area contributed by atoms with E-state index in [1.54, 1.807) is 24.5 Å². The van der Waals surface area contributed by atoms with Gasteiger partial charge >= 0.3 is 0 Å². The van der Waals surface area contributed by atoms with E-state index in [9.17, 15) is 19.1 Å². The first kappa shape index (κ1) is 20.2. The molecule has 30 heavy (non-hydrogen) atoms. The lowest BCUT2D eigenvalue weighted by Gasteiger charge is -2.30. The lowest BCUT2D eigenvalue weighted by molar-refractivity contribution is -0.140. The zero-order chi connectivity index (χ0) is 21.1. The van der Waals surface area contributed by atoms with Gasteiger partial charge in [-0.1, -0.05) is 0 Å². The van der Waals surface area contributed by atoms with Crippen LogP contribution < -0.4 is 0 Å². The summed E-state index contributed by atoms with van der Waals surface area (Å²) >= 11 is 0. The van der Waals surface area contributed by atoms with Gasteiger partial charge in [0.1, 0.15) is 11.6 Å². The second-order valence-corrected chi connectivity index (χ2v) is 7.23. The molecule has 2 fully saturated rings. The zero-order valence-electron chi connectivity index (χ0n) is 16.3. The number of carbonyl (C=O) groups excluding carboxylic acids is 2. The van der Waals surface area contributed by atoms with Crippen molar-refractivity contribution in [1.29, 1.82) is 0 Å².